The fourth-order valence-corrected chi connectivity index (χ4v) is 4.44. The van der Waals surface area contributed by atoms with E-state index in [1.165, 1.54) is 0 Å². The van der Waals surface area contributed by atoms with Gasteiger partial charge >= 0.3 is 0 Å². The lowest BCUT2D eigenvalue weighted by Gasteiger charge is -2.28. The number of nitrogens with zero attached hydrogens (tertiary/aromatic N) is 2. The molecule has 3 heterocycles. The second-order valence-corrected chi connectivity index (χ2v) is 8.19. The number of rotatable bonds is 4. The first-order valence-corrected chi connectivity index (χ1v) is 10.8. The molecule has 1 saturated heterocycles. The van der Waals surface area contributed by atoms with Gasteiger partial charge in [-0.05, 0) is 43.7 Å². The largest absolute Gasteiger partial charge is 0.440 e. The van der Waals surface area contributed by atoms with Crippen LogP contribution in [-0.2, 0) is 11.3 Å². The quantitative estimate of drug-likeness (QED) is 0.780. The number of thioether (sulfide) groups is 1. The molecule has 1 aromatic heterocycles. The molecule has 2 atom stereocenters. The van der Waals surface area contributed by atoms with E-state index in [1.807, 2.05) is 43.5 Å². The Hall–Kier alpha value is -2.69. The summed E-state index contributed by atoms with van der Waals surface area (Å²) in [6, 6.07) is 11.8. The number of hydrogen-bond donors (Lipinski definition) is 1. The van der Waals surface area contributed by atoms with Crippen LogP contribution in [0.25, 0.3) is 0 Å². The molecule has 150 valence electrons. The number of pyridine rings is 1. The maximum absolute atomic E-state index is 13.5. The number of hydrogen-bond acceptors (Lipinski definition) is 6. The van der Waals surface area contributed by atoms with Gasteiger partial charge in [0.25, 0.3) is 5.56 Å². The van der Waals surface area contributed by atoms with Gasteiger partial charge in [0.05, 0.1) is 24.1 Å². The molecule has 6 nitrogen and oxygen atoms in total. The van der Waals surface area contributed by atoms with Crippen LogP contribution in [0.3, 0.4) is 0 Å². The standard InChI is InChI=1S/C22H23N3O3S/c1-13-10-18-20(22(26)25(13)12-15-4-3-9-27-15)19(17(11-23)21(24)28-18)14-5-7-16(29-2)8-6-14/h5-8,10,15,19H,3-4,9,12,24H2,1-2H3. The zero-order valence-corrected chi connectivity index (χ0v) is 17.3. The zero-order chi connectivity index (χ0) is 20.5. The Morgan fingerprint density at radius 3 is 2.72 bits per heavy atom. The van der Waals surface area contributed by atoms with E-state index in [1.54, 1.807) is 16.3 Å². The zero-order valence-electron chi connectivity index (χ0n) is 16.5. The molecule has 0 spiro atoms. The first-order valence-electron chi connectivity index (χ1n) is 9.61. The van der Waals surface area contributed by atoms with E-state index < -0.39 is 5.92 Å². The summed E-state index contributed by atoms with van der Waals surface area (Å²) in [5.41, 5.74) is 8.25. The summed E-state index contributed by atoms with van der Waals surface area (Å²) in [6.07, 6.45) is 3.98. The van der Waals surface area contributed by atoms with Gasteiger partial charge in [0, 0.05) is 23.3 Å². The van der Waals surface area contributed by atoms with E-state index in [4.69, 9.17) is 15.2 Å². The summed E-state index contributed by atoms with van der Waals surface area (Å²) in [4.78, 5) is 14.7. The minimum atomic E-state index is -0.552. The summed E-state index contributed by atoms with van der Waals surface area (Å²) in [5, 5.41) is 9.76. The third-order valence-electron chi connectivity index (χ3n) is 5.55. The van der Waals surface area contributed by atoms with Crippen LogP contribution in [0.1, 0.15) is 35.6 Å². The fourth-order valence-electron chi connectivity index (χ4n) is 4.03. The Morgan fingerprint density at radius 2 is 2.10 bits per heavy atom. The highest BCUT2D eigenvalue weighted by molar-refractivity contribution is 7.98. The normalized spacial score (nSPS) is 20.9. The average molecular weight is 410 g/mol. The van der Waals surface area contributed by atoms with E-state index in [0.717, 1.165) is 35.6 Å². The lowest BCUT2D eigenvalue weighted by molar-refractivity contribution is 0.0955. The summed E-state index contributed by atoms with van der Waals surface area (Å²) in [6.45, 7) is 3.11. The molecule has 1 aromatic carbocycles. The molecule has 2 N–H and O–H groups in total. The molecule has 29 heavy (non-hydrogen) atoms. The highest BCUT2D eigenvalue weighted by Gasteiger charge is 2.34. The van der Waals surface area contributed by atoms with Crippen molar-refractivity contribution in [2.24, 2.45) is 5.73 Å². The van der Waals surface area contributed by atoms with Crippen molar-refractivity contribution in [2.45, 2.75) is 43.2 Å². The minimum absolute atomic E-state index is 0.0318. The monoisotopic (exact) mass is 409 g/mol. The molecule has 1 fully saturated rings. The molecule has 0 bridgehead atoms. The molecule has 2 aromatic rings. The lowest BCUT2D eigenvalue weighted by Crippen LogP contribution is -2.35. The van der Waals surface area contributed by atoms with Crippen molar-refractivity contribution < 1.29 is 9.47 Å². The summed E-state index contributed by atoms with van der Waals surface area (Å²) in [7, 11) is 0. The molecular formula is C22H23N3O3S. The molecule has 0 radical (unpaired) electrons. The van der Waals surface area contributed by atoms with Crippen LogP contribution < -0.4 is 16.0 Å². The Kier molecular flexibility index (Phi) is 5.39. The second-order valence-electron chi connectivity index (χ2n) is 7.31. The maximum atomic E-state index is 13.5. The second kappa shape index (κ2) is 7.97. The van der Waals surface area contributed by atoms with Crippen molar-refractivity contribution in [3.63, 3.8) is 0 Å². The van der Waals surface area contributed by atoms with Gasteiger partial charge in [-0.15, -0.1) is 11.8 Å². The predicted octanol–water partition coefficient (Wildman–Crippen LogP) is 3.28. The number of nitriles is 1. The number of ether oxygens (including phenoxy) is 2. The average Bonchev–Trinajstić information content (AvgIpc) is 3.23. The van der Waals surface area contributed by atoms with Crippen LogP contribution in [-0.4, -0.2) is 23.5 Å². The Bertz CT molecular complexity index is 1060. The van der Waals surface area contributed by atoms with Crippen LogP contribution in [0.4, 0.5) is 0 Å². The Morgan fingerprint density at radius 1 is 1.34 bits per heavy atom. The van der Waals surface area contributed by atoms with Gasteiger partial charge < -0.3 is 19.8 Å². The van der Waals surface area contributed by atoms with E-state index in [-0.39, 0.29) is 23.1 Å². The fraction of sp³-hybridized carbons (Fsp3) is 0.364. The number of aryl methyl sites for hydroxylation is 1. The van der Waals surface area contributed by atoms with Gasteiger partial charge in [0.2, 0.25) is 5.88 Å². The highest BCUT2D eigenvalue weighted by Crippen LogP contribution is 2.40. The Balaban J connectivity index is 1.87. The van der Waals surface area contributed by atoms with E-state index >= 15 is 0 Å². The molecular weight excluding hydrogens is 386 g/mol. The van der Waals surface area contributed by atoms with Gasteiger partial charge in [-0.1, -0.05) is 12.1 Å². The first kappa shape index (κ1) is 19.6. The van der Waals surface area contributed by atoms with E-state index in [2.05, 4.69) is 6.07 Å². The molecule has 2 unspecified atom stereocenters. The van der Waals surface area contributed by atoms with Crippen LogP contribution in [0.2, 0.25) is 0 Å². The van der Waals surface area contributed by atoms with Crippen LogP contribution in [0.15, 0.2) is 51.5 Å². The summed E-state index contributed by atoms with van der Waals surface area (Å²) >= 11 is 1.64. The van der Waals surface area contributed by atoms with Crippen LogP contribution in [0, 0.1) is 18.3 Å². The minimum Gasteiger partial charge on any atom is -0.440 e. The molecule has 2 aliphatic rings. The van der Waals surface area contributed by atoms with Gasteiger partial charge in [0.15, 0.2) is 0 Å². The maximum Gasteiger partial charge on any atom is 0.258 e. The third kappa shape index (κ3) is 3.54. The first-order chi connectivity index (χ1) is 14.0. The molecule has 0 amide bonds. The number of fused-ring (bicyclic) bond motifs is 1. The predicted molar refractivity (Wildman–Crippen MR) is 112 cm³/mol. The molecule has 4 rings (SSSR count). The van der Waals surface area contributed by atoms with E-state index in [9.17, 15) is 10.1 Å². The number of aromatic nitrogens is 1. The number of allylic oxidation sites excluding steroid dienone is 1. The van der Waals surface area contributed by atoms with Crippen molar-refractivity contribution in [1.29, 1.82) is 5.26 Å². The highest BCUT2D eigenvalue weighted by atomic mass is 32.2. The van der Waals surface area contributed by atoms with Crippen molar-refractivity contribution in [1.82, 2.24) is 4.57 Å². The van der Waals surface area contributed by atoms with E-state index in [0.29, 0.717) is 17.9 Å². The topological polar surface area (TPSA) is 90.3 Å². The molecule has 2 aliphatic heterocycles. The van der Waals surface area contributed by atoms with Gasteiger partial charge in [-0.25, -0.2) is 0 Å². The van der Waals surface area contributed by atoms with Gasteiger partial charge in [-0.2, -0.15) is 5.26 Å². The van der Waals surface area contributed by atoms with Gasteiger partial charge in [-0.3, -0.25) is 4.79 Å². The van der Waals surface area contributed by atoms with Crippen molar-refractivity contribution in [3.8, 4) is 11.8 Å². The smallest absolute Gasteiger partial charge is 0.258 e. The van der Waals surface area contributed by atoms with Crippen molar-refractivity contribution in [3.05, 3.63) is 69.0 Å². The van der Waals surface area contributed by atoms with Crippen LogP contribution >= 0.6 is 11.8 Å². The SMILES string of the molecule is CSc1ccc(C2C(C#N)=C(N)Oc3cc(C)n(CC4CCCO4)c(=O)c32)cc1. The Labute approximate surface area is 173 Å². The molecule has 0 aliphatic carbocycles. The van der Waals surface area contributed by atoms with Crippen molar-refractivity contribution >= 4 is 11.8 Å². The number of benzene rings is 1. The summed E-state index contributed by atoms with van der Waals surface area (Å²) < 4.78 is 13.2. The third-order valence-corrected chi connectivity index (χ3v) is 6.29. The van der Waals surface area contributed by atoms with Crippen molar-refractivity contribution in [2.75, 3.05) is 12.9 Å². The van der Waals surface area contributed by atoms with Crippen LogP contribution in [0.5, 0.6) is 5.75 Å². The summed E-state index contributed by atoms with van der Waals surface area (Å²) in [5.74, 6) is -0.0790. The lowest BCUT2D eigenvalue weighted by atomic mass is 9.84. The molecule has 7 heteroatoms. The molecule has 0 saturated carbocycles. The van der Waals surface area contributed by atoms with Gasteiger partial charge in [0.1, 0.15) is 17.4 Å². The number of nitrogens with two attached hydrogens (primary N) is 1.